The van der Waals surface area contributed by atoms with Crippen LogP contribution in [0.25, 0.3) is 53.1 Å². The first kappa shape index (κ1) is 95.7. The van der Waals surface area contributed by atoms with Gasteiger partial charge in [0.1, 0.15) is 99.5 Å². The molecule has 109 heavy (non-hydrogen) atoms. The van der Waals surface area contributed by atoms with Crippen molar-refractivity contribution in [3.05, 3.63) is 163 Å². The number of hydrogen-bond acceptors (Lipinski definition) is 22. The van der Waals surface area contributed by atoms with Gasteiger partial charge in [-0.25, -0.2) is 34.4 Å². The number of halogens is 9. The molecule has 0 radical (unpaired) electrons. The molecular formula is C73H74Cl4I5N12O9S4V2. The van der Waals surface area contributed by atoms with Crippen molar-refractivity contribution in [2.75, 3.05) is 62.4 Å². The third kappa shape index (κ3) is 30.4. The molecule has 36 heteroatoms. The van der Waals surface area contributed by atoms with E-state index >= 15 is 0 Å². The molecule has 577 valence electrons. The van der Waals surface area contributed by atoms with Crippen molar-refractivity contribution in [1.82, 2.24) is 25.3 Å². The number of carbonyl (C=O) groups excluding carboxylic acids is 4. The van der Waals surface area contributed by atoms with Crippen LogP contribution >= 0.6 is 194 Å². The molecule has 2 fully saturated rings. The normalized spacial score (nSPS) is 12.8. The van der Waals surface area contributed by atoms with Crippen LogP contribution in [0, 0.1) is 41.7 Å². The Bertz CT molecular complexity index is 4500. The van der Waals surface area contributed by atoms with E-state index in [1.165, 1.54) is 41.8 Å². The molecule has 2 aliphatic rings. The zero-order valence-corrected chi connectivity index (χ0v) is 79.4. The molecule has 4 aromatic carbocycles. The Morgan fingerprint density at radius 2 is 1.01 bits per heavy atom. The Morgan fingerprint density at radius 3 is 1.36 bits per heavy atom. The van der Waals surface area contributed by atoms with Crippen molar-refractivity contribution in [3.63, 3.8) is 0 Å². The van der Waals surface area contributed by atoms with Crippen LogP contribution in [0.5, 0.6) is 11.5 Å². The van der Waals surface area contributed by atoms with E-state index in [1.807, 2.05) is 71.4 Å². The van der Waals surface area contributed by atoms with Crippen LogP contribution in [-0.2, 0) is 59.3 Å². The van der Waals surface area contributed by atoms with Gasteiger partial charge in [0, 0.05) is 86.7 Å². The van der Waals surface area contributed by atoms with Crippen LogP contribution in [0.4, 0.5) is 23.0 Å². The van der Waals surface area contributed by atoms with Gasteiger partial charge in [0.2, 0.25) is 17.3 Å². The fourth-order valence-corrected chi connectivity index (χ4v) is 14.4. The van der Waals surface area contributed by atoms with E-state index < -0.39 is 47.4 Å². The van der Waals surface area contributed by atoms with Crippen LogP contribution in [0.2, 0.25) is 10.0 Å². The number of ether oxygens (including phenoxy) is 5. The predicted molar refractivity (Wildman–Crippen MR) is 477 cm³/mol. The van der Waals surface area contributed by atoms with Crippen molar-refractivity contribution in [2.45, 2.75) is 113 Å². The van der Waals surface area contributed by atoms with Crippen molar-refractivity contribution in [3.8, 4) is 67.0 Å². The summed E-state index contributed by atoms with van der Waals surface area (Å²) in [7, 11) is 0.628. The van der Waals surface area contributed by atoms with E-state index in [0.29, 0.717) is 109 Å². The Hall–Kier alpha value is -3.88. The van der Waals surface area contributed by atoms with Crippen LogP contribution in [0.1, 0.15) is 96.2 Å². The average molecular weight is 2270 g/mol. The number of nitrogens with one attached hydrogen (secondary N) is 1. The van der Waals surface area contributed by atoms with Gasteiger partial charge in [-0.1, -0.05) is 102 Å². The van der Waals surface area contributed by atoms with Crippen LogP contribution in [0.3, 0.4) is 0 Å². The van der Waals surface area contributed by atoms with Gasteiger partial charge in [0.15, 0.2) is 0 Å². The first-order chi connectivity index (χ1) is 51.3. The Morgan fingerprint density at radius 1 is 0.642 bits per heavy atom. The van der Waals surface area contributed by atoms with Gasteiger partial charge in [0.25, 0.3) is 0 Å². The topological polar surface area (TPSA) is 267 Å². The number of pyridine rings is 2. The third-order valence-corrected chi connectivity index (χ3v) is 19.8. The van der Waals surface area contributed by atoms with Gasteiger partial charge in [-0.3, -0.25) is 14.4 Å². The van der Waals surface area contributed by atoms with Crippen LogP contribution < -0.4 is 30.3 Å². The van der Waals surface area contributed by atoms with Crippen LogP contribution in [-0.4, -0.2) is 114 Å². The number of esters is 3. The summed E-state index contributed by atoms with van der Waals surface area (Å²) in [5.41, 5.74) is 12.4. The van der Waals surface area contributed by atoms with Crippen molar-refractivity contribution in [1.29, 1.82) is 10.5 Å². The van der Waals surface area contributed by atoms with Gasteiger partial charge in [-0.2, -0.15) is 10.5 Å². The number of carbonyl (C=O) groups is 4. The third-order valence-electron chi connectivity index (χ3n) is 15.4. The molecular weight excluding hydrogens is 2200 g/mol. The summed E-state index contributed by atoms with van der Waals surface area (Å²) < 4.78 is 27.2. The number of hydrogen-bond donors (Lipinski definition) is 2. The van der Waals surface area contributed by atoms with E-state index in [4.69, 9.17) is 85.7 Å². The molecule has 0 bridgehead atoms. The fourth-order valence-electron chi connectivity index (χ4n) is 10.5. The van der Waals surface area contributed by atoms with E-state index in [-0.39, 0.29) is 62.6 Å². The fraction of sp³-hybridized carbons (Fsp3) is 0.342. The van der Waals surface area contributed by atoms with Crippen molar-refractivity contribution >= 4 is 241 Å². The number of nitrogens with two attached hydrogens (primary N) is 1. The summed E-state index contributed by atoms with van der Waals surface area (Å²) in [5.74, 6) is 0.445. The molecule has 3 N–H and O–H groups in total. The Balaban J connectivity index is 0.000000361. The molecule has 0 aliphatic carbocycles. The standard InChI is InChI=1S/C41H43ClN6O6S2.C32H29ClN6O3S2.2ClH.5HI.2V/c1-25(21-33(49)54-41(3,4)5)37(50)45-26(2)40(51)53-20-19-52-31-15-11-27(12-16-31)34-32(22-43)39(47-36(35(34)44-6)48-17-7-8-18-48)56-24-30-23-55-38(46-30)28-9-13-29(42)14-10-28;1-20(35)32(40)42-16-15-41-25-11-7-21(8-12-25)27-26(17-34)31(38-29(28(27)36-2)39-13-3-4-14-39)44-19-24-18-43-30(37-24)22-5-9-23(33)10-6-22;;;;;;;;;/h9-16,23,25-26H,7-8,17-21,24H2,1-5H3,(H,45,50);5-12,18,20H,3-4,13-16,19,35H2,1H3;7*1H;;/q;;;;;;;;;+2;+3/p-5/t25-,26+;20-;;;;;;;;;/m10........./s1. The SMILES string of the molecule is Cl.Cl.[C-]#[N+]c1c(N2CCCC2)nc(SCc2csc(-c3ccc(Cl)cc3)n2)c(C#N)c1-c1ccc(OCCOC(=O)[C@H](C)N)cc1.[C-]#[N+]c1c(N2CCCC2)nc(SCc2csc(-c3ccc(Cl)cc3)n2)c(C#N)c1-c1ccc(OCCOC(=O)[C@H](C)NC(=O)[C@H](C)CC(=O)OC(C)(C)C)cc1.[I][V]([I])[I].[I][V][I]. The quantitative estimate of drug-likeness (QED) is 0.0127. The molecule has 1 amide bonds. The minimum absolute atomic E-state index is 0. The van der Waals surface area contributed by atoms with Gasteiger partial charge in [-0.05, 0) is 120 Å². The monoisotopic (exact) mass is 2270 g/mol. The number of amides is 1. The summed E-state index contributed by atoms with van der Waals surface area (Å²) in [6.07, 6.45) is 3.92. The number of nitriles is 2. The summed E-state index contributed by atoms with van der Waals surface area (Å²) in [5, 5.41) is 31.6. The number of thioether (sulfide) groups is 2. The molecule has 10 rings (SSSR count). The number of benzene rings is 4. The molecule has 0 unspecified atom stereocenters. The summed E-state index contributed by atoms with van der Waals surface area (Å²) in [6, 6.07) is 32.4. The van der Waals surface area contributed by atoms with E-state index in [0.717, 1.165) is 84.4 Å². The molecule has 0 saturated carbocycles. The number of aromatic nitrogens is 4. The van der Waals surface area contributed by atoms with Gasteiger partial charge in [-0.15, -0.1) is 47.5 Å². The molecule has 0 spiro atoms. The van der Waals surface area contributed by atoms with Crippen LogP contribution in [0.15, 0.2) is 118 Å². The first-order valence-electron chi connectivity index (χ1n) is 32.9. The zero-order chi connectivity index (χ0) is 77.7. The van der Waals surface area contributed by atoms with E-state index in [1.54, 1.807) is 82.4 Å². The number of nitrogens with zero attached hydrogens (tertiary/aromatic N) is 10. The Kier molecular flexibility index (Phi) is 43.1. The van der Waals surface area contributed by atoms with Crippen molar-refractivity contribution < 1.29 is 57.2 Å². The minimum atomic E-state index is -0.934. The summed E-state index contributed by atoms with van der Waals surface area (Å²) >= 11 is 30.2. The second-order valence-corrected chi connectivity index (χ2v) is 76.1. The number of anilines is 2. The summed E-state index contributed by atoms with van der Waals surface area (Å²) in [4.78, 5) is 79.9. The summed E-state index contributed by atoms with van der Waals surface area (Å²) in [6.45, 7) is 29.5. The maximum absolute atomic E-state index is 12.5. The van der Waals surface area contributed by atoms with Gasteiger partial charge in [0.05, 0.1) is 42.1 Å². The van der Waals surface area contributed by atoms with Crippen molar-refractivity contribution in [2.24, 2.45) is 11.7 Å². The first-order valence-corrected chi connectivity index (χ1v) is 59.9. The molecule has 2 saturated heterocycles. The molecule has 6 heterocycles. The average Bonchev–Trinajstić information content (AvgIpc) is 1.19. The number of rotatable bonds is 26. The van der Waals surface area contributed by atoms with E-state index in [9.17, 15) is 29.7 Å². The Labute approximate surface area is 741 Å². The predicted octanol–water partition coefficient (Wildman–Crippen LogP) is 21.0. The maximum atomic E-state index is 12.5. The van der Waals surface area contributed by atoms with E-state index in [2.05, 4.69) is 137 Å². The second kappa shape index (κ2) is 49.1. The van der Waals surface area contributed by atoms with Gasteiger partial charge < -0.3 is 44.5 Å². The molecule has 3 atom stereocenters. The number of thiazole rings is 2. The molecule has 2 aliphatic heterocycles. The zero-order valence-electron chi connectivity index (χ0n) is 59.4. The van der Waals surface area contributed by atoms with Gasteiger partial charge >= 0.3 is 132 Å². The molecule has 4 aromatic heterocycles. The molecule has 8 aromatic rings. The second-order valence-electron chi connectivity index (χ2n) is 24.4. The molecule has 21 nitrogen and oxygen atoms in total.